The number of hydrogen-bond donors (Lipinski definition) is 0. The van der Waals surface area contributed by atoms with E-state index in [1.54, 1.807) is 25.6 Å². The van der Waals surface area contributed by atoms with Gasteiger partial charge in [-0.2, -0.15) is 0 Å². The standard InChI is InChI=1S/C16H15N3O3/c1-21-13-5-4-11-8-12(9-15(20)22-2)19(14(11)10-13)16-17-6-3-7-18-16/h3-8,10H,9H2,1-2H3. The number of hydrogen-bond acceptors (Lipinski definition) is 5. The number of benzene rings is 1. The molecule has 3 aromatic rings. The van der Waals surface area contributed by atoms with Crippen molar-refractivity contribution in [1.29, 1.82) is 0 Å². The Labute approximate surface area is 127 Å². The largest absolute Gasteiger partial charge is 0.497 e. The van der Waals surface area contributed by atoms with Gasteiger partial charge in [0.25, 0.3) is 0 Å². The van der Waals surface area contributed by atoms with Crippen molar-refractivity contribution in [2.24, 2.45) is 0 Å². The average molecular weight is 297 g/mol. The molecule has 2 aromatic heterocycles. The Balaban J connectivity index is 2.23. The van der Waals surface area contributed by atoms with Crippen molar-refractivity contribution in [2.75, 3.05) is 14.2 Å². The molecule has 2 heterocycles. The zero-order valence-corrected chi connectivity index (χ0v) is 12.3. The summed E-state index contributed by atoms with van der Waals surface area (Å²) in [6, 6.07) is 9.39. The lowest BCUT2D eigenvalue weighted by atomic mass is 10.2. The quantitative estimate of drug-likeness (QED) is 0.690. The number of fused-ring (bicyclic) bond motifs is 1. The number of carbonyl (C=O) groups excluding carboxylic acids is 1. The highest BCUT2D eigenvalue weighted by atomic mass is 16.5. The third-order valence-corrected chi connectivity index (χ3v) is 3.39. The number of esters is 1. The third-order valence-electron chi connectivity index (χ3n) is 3.39. The van der Waals surface area contributed by atoms with E-state index in [0.717, 1.165) is 22.3 Å². The highest BCUT2D eigenvalue weighted by Gasteiger charge is 2.16. The molecule has 6 nitrogen and oxygen atoms in total. The molecule has 6 heteroatoms. The summed E-state index contributed by atoms with van der Waals surface area (Å²) in [4.78, 5) is 20.2. The maximum absolute atomic E-state index is 11.7. The van der Waals surface area contributed by atoms with Gasteiger partial charge in [0.1, 0.15) is 5.75 Å². The summed E-state index contributed by atoms with van der Waals surface area (Å²) in [6.07, 6.45) is 3.47. The van der Waals surface area contributed by atoms with Gasteiger partial charge in [-0.1, -0.05) is 0 Å². The molecule has 0 aliphatic heterocycles. The minimum atomic E-state index is -0.313. The minimum Gasteiger partial charge on any atom is -0.497 e. The fourth-order valence-corrected chi connectivity index (χ4v) is 2.36. The van der Waals surface area contributed by atoms with Crippen molar-refractivity contribution in [3.8, 4) is 11.7 Å². The Kier molecular flexibility index (Phi) is 3.74. The van der Waals surface area contributed by atoms with E-state index in [1.165, 1.54) is 7.11 Å². The first-order valence-electron chi connectivity index (χ1n) is 6.75. The Morgan fingerprint density at radius 3 is 2.64 bits per heavy atom. The summed E-state index contributed by atoms with van der Waals surface area (Å²) in [7, 11) is 2.99. The second-order valence-corrected chi connectivity index (χ2v) is 4.70. The number of methoxy groups -OCH3 is 2. The number of nitrogens with zero attached hydrogens (tertiary/aromatic N) is 3. The molecule has 22 heavy (non-hydrogen) atoms. The molecule has 0 saturated carbocycles. The van der Waals surface area contributed by atoms with Crippen molar-refractivity contribution in [2.45, 2.75) is 6.42 Å². The van der Waals surface area contributed by atoms with Crippen LogP contribution in [0.3, 0.4) is 0 Å². The van der Waals surface area contributed by atoms with Gasteiger partial charge >= 0.3 is 5.97 Å². The molecule has 0 bridgehead atoms. The zero-order valence-electron chi connectivity index (χ0n) is 12.3. The van der Waals surface area contributed by atoms with Crippen LogP contribution in [-0.4, -0.2) is 34.7 Å². The monoisotopic (exact) mass is 297 g/mol. The van der Waals surface area contributed by atoms with E-state index in [4.69, 9.17) is 9.47 Å². The molecule has 0 N–H and O–H groups in total. The predicted octanol–water partition coefficient (Wildman–Crippen LogP) is 2.14. The molecule has 112 valence electrons. The third kappa shape index (κ3) is 2.50. The maximum atomic E-state index is 11.7. The Bertz CT molecular complexity index is 812. The summed E-state index contributed by atoms with van der Waals surface area (Å²) >= 11 is 0. The van der Waals surface area contributed by atoms with E-state index in [1.807, 2.05) is 28.8 Å². The lowest BCUT2D eigenvalue weighted by Crippen LogP contribution is -2.10. The Hall–Kier alpha value is -2.89. The molecular formula is C16H15N3O3. The number of aromatic nitrogens is 3. The first kappa shape index (κ1) is 14.1. The topological polar surface area (TPSA) is 66.2 Å². The molecule has 0 aliphatic rings. The SMILES string of the molecule is COC(=O)Cc1cc2ccc(OC)cc2n1-c1ncccn1. The highest BCUT2D eigenvalue weighted by Crippen LogP contribution is 2.27. The maximum Gasteiger partial charge on any atom is 0.311 e. The van der Waals surface area contributed by atoms with Crippen LogP contribution < -0.4 is 4.74 Å². The molecule has 0 amide bonds. The fourth-order valence-electron chi connectivity index (χ4n) is 2.36. The highest BCUT2D eigenvalue weighted by molar-refractivity contribution is 5.86. The van der Waals surface area contributed by atoms with Gasteiger partial charge in [0.2, 0.25) is 5.95 Å². The summed E-state index contributed by atoms with van der Waals surface area (Å²) in [6.45, 7) is 0. The summed E-state index contributed by atoms with van der Waals surface area (Å²) in [5, 5.41) is 0.979. The molecule has 1 aromatic carbocycles. The average Bonchev–Trinajstić information content (AvgIpc) is 2.92. The smallest absolute Gasteiger partial charge is 0.311 e. The van der Waals surface area contributed by atoms with Crippen LogP contribution in [0.5, 0.6) is 5.75 Å². The first-order valence-corrected chi connectivity index (χ1v) is 6.75. The van der Waals surface area contributed by atoms with Crippen LogP contribution in [0.15, 0.2) is 42.7 Å². The predicted molar refractivity (Wildman–Crippen MR) is 81.1 cm³/mol. The number of ether oxygens (including phenoxy) is 2. The van der Waals surface area contributed by atoms with Gasteiger partial charge in [0.05, 0.1) is 26.2 Å². The van der Waals surface area contributed by atoms with Crippen molar-refractivity contribution < 1.29 is 14.3 Å². The molecule has 0 aliphatic carbocycles. The van der Waals surface area contributed by atoms with Gasteiger partial charge in [-0.05, 0) is 24.3 Å². The second kappa shape index (κ2) is 5.85. The Morgan fingerprint density at radius 2 is 1.95 bits per heavy atom. The van der Waals surface area contributed by atoms with Crippen molar-refractivity contribution in [3.05, 3.63) is 48.4 Å². The van der Waals surface area contributed by atoms with Gasteiger partial charge in [-0.15, -0.1) is 0 Å². The van der Waals surface area contributed by atoms with E-state index in [0.29, 0.717) is 5.95 Å². The molecular weight excluding hydrogens is 282 g/mol. The normalized spacial score (nSPS) is 10.6. The lowest BCUT2D eigenvalue weighted by Gasteiger charge is -2.08. The molecule has 0 fully saturated rings. The van der Waals surface area contributed by atoms with E-state index in [9.17, 15) is 4.79 Å². The van der Waals surface area contributed by atoms with Gasteiger partial charge in [0.15, 0.2) is 0 Å². The van der Waals surface area contributed by atoms with Crippen LogP contribution >= 0.6 is 0 Å². The van der Waals surface area contributed by atoms with Crippen LogP contribution in [0, 0.1) is 0 Å². The van der Waals surface area contributed by atoms with Crippen LogP contribution in [0.4, 0.5) is 0 Å². The molecule has 0 saturated heterocycles. The van der Waals surface area contributed by atoms with Gasteiger partial charge in [-0.3, -0.25) is 9.36 Å². The van der Waals surface area contributed by atoms with E-state index < -0.39 is 0 Å². The van der Waals surface area contributed by atoms with E-state index >= 15 is 0 Å². The summed E-state index contributed by atoms with van der Waals surface area (Å²) in [5.41, 5.74) is 1.64. The zero-order chi connectivity index (χ0) is 15.5. The van der Waals surface area contributed by atoms with Crippen LogP contribution in [-0.2, 0) is 16.0 Å². The first-order chi connectivity index (χ1) is 10.7. The van der Waals surface area contributed by atoms with Gasteiger partial charge in [0, 0.05) is 29.5 Å². The van der Waals surface area contributed by atoms with Gasteiger partial charge < -0.3 is 9.47 Å². The molecule has 0 radical (unpaired) electrons. The summed E-state index contributed by atoms with van der Waals surface area (Å²) in [5.74, 6) is 0.920. The van der Waals surface area contributed by atoms with Crippen molar-refractivity contribution in [1.82, 2.24) is 14.5 Å². The minimum absolute atomic E-state index is 0.145. The van der Waals surface area contributed by atoms with Crippen LogP contribution in [0.25, 0.3) is 16.9 Å². The van der Waals surface area contributed by atoms with Crippen molar-refractivity contribution >= 4 is 16.9 Å². The van der Waals surface area contributed by atoms with Gasteiger partial charge in [-0.25, -0.2) is 9.97 Å². The molecule has 0 atom stereocenters. The fraction of sp³-hybridized carbons (Fsp3) is 0.188. The van der Waals surface area contributed by atoms with E-state index in [2.05, 4.69) is 9.97 Å². The van der Waals surface area contributed by atoms with E-state index in [-0.39, 0.29) is 12.4 Å². The van der Waals surface area contributed by atoms with Crippen molar-refractivity contribution in [3.63, 3.8) is 0 Å². The number of carbonyl (C=O) groups is 1. The second-order valence-electron chi connectivity index (χ2n) is 4.70. The lowest BCUT2D eigenvalue weighted by molar-refractivity contribution is -0.139. The van der Waals surface area contributed by atoms with Crippen LogP contribution in [0.2, 0.25) is 0 Å². The Morgan fingerprint density at radius 1 is 1.18 bits per heavy atom. The molecule has 3 rings (SSSR count). The van der Waals surface area contributed by atoms with Crippen LogP contribution in [0.1, 0.15) is 5.69 Å². The molecule has 0 unspecified atom stereocenters. The number of rotatable bonds is 4. The molecule has 0 spiro atoms. The summed E-state index contributed by atoms with van der Waals surface area (Å²) < 4.78 is 11.9.